The van der Waals surface area contributed by atoms with E-state index in [-0.39, 0.29) is 33.3 Å². The monoisotopic (exact) mass is 524 g/mol. The first-order valence-corrected chi connectivity index (χ1v) is 13.2. The second-order valence-electron chi connectivity index (χ2n) is 8.98. The molecule has 192 valence electrons. The Bertz CT molecular complexity index is 1650. The average Bonchev–Trinajstić information content (AvgIpc) is 2.84. The predicted octanol–water partition coefficient (Wildman–Crippen LogP) is 4.19. The summed E-state index contributed by atoms with van der Waals surface area (Å²) in [5, 5.41) is 0. The van der Waals surface area contributed by atoms with Crippen LogP contribution in [0.4, 0.5) is 10.1 Å². The third-order valence-corrected chi connectivity index (χ3v) is 7.94. The number of pyridine rings is 2. The van der Waals surface area contributed by atoms with E-state index in [4.69, 9.17) is 9.47 Å². The van der Waals surface area contributed by atoms with E-state index in [1.165, 1.54) is 43.3 Å². The van der Waals surface area contributed by atoms with Crippen LogP contribution in [-0.4, -0.2) is 36.5 Å². The molecule has 0 amide bonds. The van der Waals surface area contributed by atoms with Crippen molar-refractivity contribution in [2.75, 3.05) is 18.4 Å². The van der Waals surface area contributed by atoms with Crippen LogP contribution in [0.5, 0.6) is 11.6 Å². The largest absolute Gasteiger partial charge is 0.486 e. The van der Waals surface area contributed by atoms with Crippen molar-refractivity contribution in [3.05, 3.63) is 76.7 Å². The van der Waals surface area contributed by atoms with Gasteiger partial charge in [-0.15, -0.1) is 0 Å². The van der Waals surface area contributed by atoms with Gasteiger partial charge in [0, 0.05) is 23.5 Å². The van der Waals surface area contributed by atoms with Gasteiger partial charge >= 0.3 is 0 Å². The number of ether oxygens (including phenoxy) is 2. The number of aromatic nitrogens is 3. The molecule has 3 heterocycles. The number of fused-ring (bicyclic) bond motifs is 1. The van der Waals surface area contributed by atoms with Crippen LogP contribution in [0.15, 0.2) is 64.7 Å². The standard InChI is InChI=1S/C26H25FN4O5S/c1-16-10-20(27)7-8-23(16)37(33,34)30-21-11-19(12-29-25(21)35-2)18-6-9-24-28-13-22(26(32)31(24)14-18)36-15-17-4-3-5-17/h6-14,17,30H,3-5,15H2,1-2H3. The molecule has 0 saturated heterocycles. The molecule has 1 aliphatic carbocycles. The maximum absolute atomic E-state index is 13.5. The normalized spacial score (nSPS) is 13.8. The van der Waals surface area contributed by atoms with E-state index < -0.39 is 15.8 Å². The summed E-state index contributed by atoms with van der Waals surface area (Å²) in [6.45, 7) is 2.00. The van der Waals surface area contributed by atoms with Crippen molar-refractivity contribution in [2.24, 2.45) is 5.92 Å². The van der Waals surface area contributed by atoms with Crippen LogP contribution in [0.25, 0.3) is 16.8 Å². The van der Waals surface area contributed by atoms with Crippen molar-refractivity contribution in [1.29, 1.82) is 0 Å². The highest BCUT2D eigenvalue weighted by molar-refractivity contribution is 7.92. The van der Waals surface area contributed by atoms with Gasteiger partial charge < -0.3 is 9.47 Å². The number of benzene rings is 1. The maximum atomic E-state index is 13.5. The van der Waals surface area contributed by atoms with Gasteiger partial charge in [0.05, 0.1) is 24.8 Å². The first-order chi connectivity index (χ1) is 17.7. The molecule has 0 unspecified atom stereocenters. The van der Waals surface area contributed by atoms with E-state index in [1.54, 1.807) is 24.4 Å². The second kappa shape index (κ2) is 9.81. The van der Waals surface area contributed by atoms with Crippen LogP contribution >= 0.6 is 0 Å². The quantitative estimate of drug-likeness (QED) is 0.368. The van der Waals surface area contributed by atoms with Crippen molar-refractivity contribution in [3.63, 3.8) is 0 Å². The second-order valence-corrected chi connectivity index (χ2v) is 10.6. The number of hydrogen-bond donors (Lipinski definition) is 1. The van der Waals surface area contributed by atoms with Gasteiger partial charge in [-0.1, -0.05) is 6.42 Å². The lowest BCUT2D eigenvalue weighted by atomic mass is 9.86. The Balaban J connectivity index is 1.49. The molecular weight excluding hydrogens is 499 g/mol. The number of halogens is 1. The number of sulfonamides is 1. The first-order valence-electron chi connectivity index (χ1n) is 11.7. The minimum absolute atomic E-state index is 0.0541. The highest BCUT2D eigenvalue weighted by Gasteiger charge is 2.21. The van der Waals surface area contributed by atoms with Crippen LogP contribution < -0.4 is 19.8 Å². The van der Waals surface area contributed by atoms with Gasteiger partial charge in [0.2, 0.25) is 11.6 Å². The highest BCUT2D eigenvalue weighted by atomic mass is 32.2. The molecule has 0 atom stereocenters. The smallest absolute Gasteiger partial charge is 0.300 e. The minimum Gasteiger partial charge on any atom is -0.486 e. The minimum atomic E-state index is -4.07. The Morgan fingerprint density at radius 3 is 2.62 bits per heavy atom. The number of anilines is 1. The summed E-state index contributed by atoms with van der Waals surface area (Å²) in [5.41, 5.74) is 1.59. The summed E-state index contributed by atoms with van der Waals surface area (Å²) >= 11 is 0. The fourth-order valence-corrected chi connectivity index (χ4v) is 5.43. The summed E-state index contributed by atoms with van der Waals surface area (Å²) < 4.78 is 54.5. The van der Waals surface area contributed by atoms with Crippen LogP contribution in [0.1, 0.15) is 24.8 Å². The van der Waals surface area contributed by atoms with Crippen LogP contribution in [0.3, 0.4) is 0 Å². The Morgan fingerprint density at radius 2 is 1.92 bits per heavy atom. The number of aryl methyl sites for hydroxylation is 1. The van der Waals surface area contributed by atoms with Gasteiger partial charge in [-0.25, -0.2) is 22.8 Å². The number of methoxy groups -OCH3 is 1. The predicted molar refractivity (Wildman–Crippen MR) is 136 cm³/mol. The van der Waals surface area contributed by atoms with Crippen molar-refractivity contribution in [2.45, 2.75) is 31.1 Å². The molecule has 0 bridgehead atoms. The van der Waals surface area contributed by atoms with Crippen LogP contribution in [0, 0.1) is 18.7 Å². The Labute approximate surface area is 213 Å². The van der Waals surface area contributed by atoms with Gasteiger partial charge in [0.15, 0.2) is 0 Å². The molecule has 3 aromatic heterocycles. The molecule has 9 nitrogen and oxygen atoms in total. The lowest BCUT2D eigenvalue weighted by molar-refractivity contribution is 0.178. The third-order valence-electron chi connectivity index (χ3n) is 6.42. The lowest BCUT2D eigenvalue weighted by Gasteiger charge is -2.24. The molecule has 1 aliphatic rings. The van der Waals surface area contributed by atoms with Gasteiger partial charge in [0.1, 0.15) is 17.2 Å². The Morgan fingerprint density at radius 1 is 1.11 bits per heavy atom. The summed E-state index contributed by atoms with van der Waals surface area (Å²) in [6.07, 6.45) is 7.94. The third kappa shape index (κ3) is 4.99. The maximum Gasteiger partial charge on any atom is 0.300 e. The van der Waals surface area contributed by atoms with E-state index in [9.17, 15) is 17.6 Å². The molecule has 4 aromatic rings. The van der Waals surface area contributed by atoms with E-state index in [1.807, 2.05) is 0 Å². The van der Waals surface area contributed by atoms with Crippen LogP contribution in [-0.2, 0) is 10.0 Å². The van der Waals surface area contributed by atoms with Gasteiger partial charge in [0.25, 0.3) is 15.6 Å². The number of hydrogen-bond acceptors (Lipinski definition) is 7. The van der Waals surface area contributed by atoms with Crippen molar-refractivity contribution in [1.82, 2.24) is 14.4 Å². The molecule has 0 spiro atoms. The molecule has 5 rings (SSSR count). The molecule has 1 fully saturated rings. The number of rotatable bonds is 8. The lowest BCUT2D eigenvalue weighted by Crippen LogP contribution is -2.23. The van der Waals surface area contributed by atoms with Gasteiger partial charge in [-0.05, 0) is 67.6 Å². The van der Waals surface area contributed by atoms with E-state index >= 15 is 0 Å². The molecule has 37 heavy (non-hydrogen) atoms. The highest BCUT2D eigenvalue weighted by Crippen LogP contribution is 2.31. The van der Waals surface area contributed by atoms with E-state index in [2.05, 4.69) is 14.7 Å². The zero-order valence-electron chi connectivity index (χ0n) is 20.3. The van der Waals surface area contributed by atoms with Crippen molar-refractivity contribution >= 4 is 21.4 Å². The Kier molecular flexibility index (Phi) is 6.55. The number of nitrogens with zero attached hydrogens (tertiary/aromatic N) is 3. The zero-order valence-corrected chi connectivity index (χ0v) is 21.1. The van der Waals surface area contributed by atoms with Gasteiger partial charge in [-0.3, -0.25) is 13.9 Å². The molecular formula is C26H25FN4O5S. The summed E-state index contributed by atoms with van der Waals surface area (Å²) in [6, 6.07) is 8.41. The average molecular weight is 525 g/mol. The fourth-order valence-electron chi connectivity index (χ4n) is 4.16. The molecule has 0 radical (unpaired) electrons. The summed E-state index contributed by atoms with van der Waals surface area (Å²) in [5.74, 6) is 0.170. The van der Waals surface area contributed by atoms with Crippen molar-refractivity contribution < 1.29 is 22.3 Å². The van der Waals surface area contributed by atoms with Crippen molar-refractivity contribution in [3.8, 4) is 22.8 Å². The van der Waals surface area contributed by atoms with E-state index in [0.717, 1.165) is 25.0 Å². The Hall–Kier alpha value is -3.99. The zero-order chi connectivity index (χ0) is 26.2. The topological polar surface area (TPSA) is 112 Å². The number of nitrogens with one attached hydrogen (secondary N) is 1. The van der Waals surface area contributed by atoms with E-state index in [0.29, 0.717) is 29.3 Å². The SMILES string of the molecule is COc1ncc(-c2ccc3ncc(OCC4CCC4)c(=O)n3c2)cc1NS(=O)(=O)c1ccc(F)cc1C. The summed E-state index contributed by atoms with van der Waals surface area (Å²) in [4.78, 5) is 21.5. The molecule has 1 aromatic carbocycles. The molecule has 1 saturated carbocycles. The van der Waals surface area contributed by atoms with Crippen LogP contribution in [0.2, 0.25) is 0 Å². The van der Waals surface area contributed by atoms with Gasteiger partial charge in [-0.2, -0.15) is 0 Å². The molecule has 1 N–H and O–H groups in total. The first kappa shape index (κ1) is 24.7. The summed E-state index contributed by atoms with van der Waals surface area (Å²) in [7, 11) is -2.70. The molecule has 0 aliphatic heterocycles. The fraction of sp³-hybridized carbons (Fsp3) is 0.269. The molecule has 11 heteroatoms.